The molecule has 0 fully saturated rings. The zero-order chi connectivity index (χ0) is 20.7. The molecule has 1 unspecified atom stereocenters. The number of esters is 1. The molecule has 0 aliphatic rings. The maximum Gasteiger partial charge on any atom is 0.302 e. The largest absolute Gasteiger partial charge is 0.484 e. The van der Waals surface area contributed by atoms with E-state index in [1.54, 1.807) is 36.4 Å². The third kappa shape index (κ3) is 6.31. The van der Waals surface area contributed by atoms with Gasteiger partial charge in [0.05, 0.1) is 6.04 Å². The molecular formula is C20H24N4O4. The number of carbonyl (C=O) groups is 2. The van der Waals surface area contributed by atoms with E-state index in [-0.39, 0.29) is 25.1 Å². The predicted molar refractivity (Wildman–Crippen MR) is 106 cm³/mol. The summed E-state index contributed by atoms with van der Waals surface area (Å²) in [6, 6.07) is 12.2. The van der Waals surface area contributed by atoms with E-state index in [1.807, 2.05) is 13.0 Å². The number of hydrogen-bond donors (Lipinski definition) is 4. The van der Waals surface area contributed by atoms with E-state index in [0.717, 1.165) is 16.8 Å². The van der Waals surface area contributed by atoms with Gasteiger partial charge in [-0.05, 0) is 54.4 Å². The molecular weight excluding hydrogens is 360 g/mol. The summed E-state index contributed by atoms with van der Waals surface area (Å²) in [4.78, 5) is 22.3. The fourth-order valence-corrected chi connectivity index (χ4v) is 2.58. The summed E-state index contributed by atoms with van der Waals surface area (Å²) in [6.07, 6.45) is 0. The summed E-state index contributed by atoms with van der Waals surface area (Å²) >= 11 is 0. The summed E-state index contributed by atoms with van der Waals surface area (Å²) in [5.41, 5.74) is 13.7. The number of primary amides is 1. The molecule has 0 radical (unpaired) electrons. The Morgan fingerprint density at radius 1 is 1.14 bits per heavy atom. The lowest BCUT2D eigenvalue weighted by Crippen LogP contribution is -2.21. The van der Waals surface area contributed by atoms with Gasteiger partial charge in [0.1, 0.15) is 18.2 Å². The smallest absolute Gasteiger partial charge is 0.302 e. The van der Waals surface area contributed by atoms with E-state index in [2.05, 4.69) is 5.32 Å². The molecule has 0 saturated carbocycles. The van der Waals surface area contributed by atoms with E-state index in [4.69, 9.17) is 26.4 Å². The van der Waals surface area contributed by atoms with Crippen LogP contribution in [0.4, 0.5) is 5.69 Å². The van der Waals surface area contributed by atoms with Crippen molar-refractivity contribution in [2.75, 3.05) is 18.5 Å². The highest BCUT2D eigenvalue weighted by atomic mass is 16.5. The van der Waals surface area contributed by atoms with Gasteiger partial charge in [-0.15, -0.1) is 0 Å². The molecule has 0 spiro atoms. The maximum atomic E-state index is 11.3. The van der Waals surface area contributed by atoms with E-state index in [0.29, 0.717) is 11.3 Å². The van der Waals surface area contributed by atoms with Gasteiger partial charge < -0.3 is 26.3 Å². The van der Waals surface area contributed by atoms with Gasteiger partial charge in [0.15, 0.2) is 6.61 Å². The van der Waals surface area contributed by atoms with Crippen LogP contribution in [0.1, 0.15) is 29.7 Å². The Morgan fingerprint density at radius 2 is 1.82 bits per heavy atom. The van der Waals surface area contributed by atoms with Gasteiger partial charge in [0.2, 0.25) is 0 Å². The molecule has 1 atom stereocenters. The summed E-state index contributed by atoms with van der Waals surface area (Å²) in [7, 11) is 0. The van der Waals surface area contributed by atoms with Crippen LogP contribution in [-0.2, 0) is 14.3 Å². The molecule has 0 aliphatic carbocycles. The minimum atomic E-state index is -0.566. The Balaban J connectivity index is 2.27. The Hall–Kier alpha value is -3.55. The van der Waals surface area contributed by atoms with Crippen molar-refractivity contribution in [1.82, 2.24) is 0 Å². The van der Waals surface area contributed by atoms with Crippen LogP contribution < -0.4 is 21.5 Å². The van der Waals surface area contributed by atoms with E-state index in [9.17, 15) is 9.59 Å². The first-order valence-electron chi connectivity index (χ1n) is 8.61. The van der Waals surface area contributed by atoms with Crippen molar-refractivity contribution in [2.45, 2.75) is 19.9 Å². The Labute approximate surface area is 163 Å². The molecule has 0 aliphatic heterocycles. The zero-order valence-electron chi connectivity index (χ0n) is 15.8. The number of nitrogens with two attached hydrogens (primary N) is 2. The highest BCUT2D eigenvalue weighted by Gasteiger charge is 2.16. The lowest BCUT2D eigenvalue weighted by atomic mass is 10.0. The third-order valence-electron chi connectivity index (χ3n) is 3.85. The van der Waals surface area contributed by atoms with Gasteiger partial charge in [-0.25, -0.2) is 0 Å². The number of aryl methyl sites for hydroxylation is 1. The Kier molecular flexibility index (Phi) is 6.97. The molecule has 1 amide bonds. The van der Waals surface area contributed by atoms with Gasteiger partial charge in [-0.3, -0.25) is 15.0 Å². The van der Waals surface area contributed by atoms with Gasteiger partial charge in [0, 0.05) is 18.2 Å². The molecule has 2 rings (SSSR count). The molecule has 8 nitrogen and oxygen atoms in total. The number of nitrogens with one attached hydrogen (secondary N) is 2. The average molecular weight is 384 g/mol. The zero-order valence-corrected chi connectivity index (χ0v) is 15.8. The number of carbonyl (C=O) groups excluding carboxylic acids is 2. The molecule has 8 heteroatoms. The minimum absolute atomic E-state index is 0.0158. The molecule has 2 aromatic carbocycles. The monoisotopic (exact) mass is 384 g/mol. The SMILES string of the molecule is CC(=O)OCC(Nc1ccc(C(=N)N)cc1)c1cc(C)cc(OCC(N)=O)c1. The summed E-state index contributed by atoms with van der Waals surface area (Å²) in [5, 5.41) is 10.8. The van der Waals surface area contributed by atoms with Crippen LogP contribution in [0.25, 0.3) is 0 Å². The number of benzene rings is 2. The standard InChI is InChI=1S/C20H24N4O4/c1-12-7-15(9-17(8-12)28-11-19(21)26)18(10-27-13(2)25)24-16-5-3-14(4-6-16)20(22)23/h3-9,18,24H,10-11H2,1-2H3,(H2,21,26)(H3,22,23). The highest BCUT2D eigenvalue weighted by Crippen LogP contribution is 2.26. The Morgan fingerprint density at radius 3 is 2.39 bits per heavy atom. The van der Waals surface area contributed by atoms with Gasteiger partial charge >= 0.3 is 5.97 Å². The second-order valence-electron chi connectivity index (χ2n) is 6.32. The lowest BCUT2D eigenvalue weighted by molar-refractivity contribution is -0.141. The van der Waals surface area contributed by atoms with Crippen molar-refractivity contribution in [1.29, 1.82) is 5.41 Å². The number of ether oxygens (including phenoxy) is 2. The van der Waals surface area contributed by atoms with Crippen molar-refractivity contribution in [2.24, 2.45) is 11.5 Å². The molecule has 0 saturated heterocycles. The third-order valence-corrected chi connectivity index (χ3v) is 3.85. The van der Waals surface area contributed by atoms with Crippen molar-refractivity contribution in [3.63, 3.8) is 0 Å². The first-order chi connectivity index (χ1) is 13.2. The Bertz CT molecular complexity index is 865. The first-order valence-corrected chi connectivity index (χ1v) is 8.61. The predicted octanol–water partition coefficient (Wildman–Crippen LogP) is 1.86. The van der Waals surface area contributed by atoms with Gasteiger partial charge in [-0.1, -0.05) is 6.07 Å². The van der Waals surface area contributed by atoms with Crippen LogP contribution in [0, 0.1) is 12.3 Å². The van der Waals surface area contributed by atoms with Crippen molar-refractivity contribution < 1.29 is 19.1 Å². The number of anilines is 1. The number of nitrogen functional groups attached to an aromatic ring is 1. The van der Waals surface area contributed by atoms with Crippen LogP contribution in [0.5, 0.6) is 5.75 Å². The molecule has 0 heterocycles. The second-order valence-corrected chi connectivity index (χ2v) is 6.32. The molecule has 28 heavy (non-hydrogen) atoms. The summed E-state index contributed by atoms with van der Waals surface area (Å²) in [5.74, 6) is -0.479. The van der Waals surface area contributed by atoms with Crippen LogP contribution >= 0.6 is 0 Å². The fraction of sp³-hybridized carbons (Fsp3) is 0.250. The topological polar surface area (TPSA) is 141 Å². The highest BCUT2D eigenvalue weighted by molar-refractivity contribution is 5.95. The van der Waals surface area contributed by atoms with Crippen molar-refractivity contribution in [3.8, 4) is 5.75 Å². The van der Waals surface area contributed by atoms with E-state index >= 15 is 0 Å². The molecule has 148 valence electrons. The average Bonchev–Trinajstić information content (AvgIpc) is 2.63. The number of amides is 1. The fourth-order valence-electron chi connectivity index (χ4n) is 2.58. The van der Waals surface area contributed by atoms with Crippen molar-refractivity contribution in [3.05, 3.63) is 59.2 Å². The quantitative estimate of drug-likeness (QED) is 0.295. The first kappa shape index (κ1) is 20.8. The molecule has 0 bridgehead atoms. The van der Waals surface area contributed by atoms with Crippen molar-refractivity contribution >= 4 is 23.4 Å². The molecule has 0 aromatic heterocycles. The number of hydrogen-bond acceptors (Lipinski definition) is 6. The van der Waals surface area contributed by atoms with E-state index in [1.165, 1.54) is 6.92 Å². The number of amidine groups is 1. The normalized spacial score (nSPS) is 11.4. The summed E-state index contributed by atoms with van der Waals surface area (Å²) < 4.78 is 10.6. The van der Waals surface area contributed by atoms with Gasteiger partial charge in [0.25, 0.3) is 5.91 Å². The molecule has 6 N–H and O–H groups in total. The van der Waals surface area contributed by atoms with Crippen LogP contribution in [-0.4, -0.2) is 30.9 Å². The van der Waals surface area contributed by atoms with Crippen LogP contribution in [0.2, 0.25) is 0 Å². The number of rotatable bonds is 9. The minimum Gasteiger partial charge on any atom is -0.484 e. The lowest BCUT2D eigenvalue weighted by Gasteiger charge is -2.21. The maximum absolute atomic E-state index is 11.3. The molecule has 2 aromatic rings. The van der Waals surface area contributed by atoms with Crippen LogP contribution in [0.15, 0.2) is 42.5 Å². The van der Waals surface area contributed by atoms with Gasteiger partial charge in [-0.2, -0.15) is 0 Å². The summed E-state index contributed by atoms with van der Waals surface area (Å²) in [6.45, 7) is 3.11. The van der Waals surface area contributed by atoms with E-state index < -0.39 is 11.9 Å². The second kappa shape index (κ2) is 9.40. The van der Waals surface area contributed by atoms with Crippen LogP contribution in [0.3, 0.4) is 0 Å².